The zero-order valence-corrected chi connectivity index (χ0v) is 10.5. The SMILES string of the molecule is CCC1C=CCN1C(=O)CCNS(C)(=O)=O. The third kappa shape index (κ3) is 3.94. The van der Waals surface area contributed by atoms with Crippen molar-refractivity contribution < 1.29 is 13.2 Å². The molecular weight excluding hydrogens is 228 g/mol. The Morgan fingerprint density at radius 2 is 2.25 bits per heavy atom. The lowest BCUT2D eigenvalue weighted by atomic mass is 10.2. The van der Waals surface area contributed by atoms with Crippen LogP contribution in [0.3, 0.4) is 0 Å². The van der Waals surface area contributed by atoms with E-state index in [0.29, 0.717) is 6.54 Å². The number of rotatable bonds is 5. The molecule has 1 aliphatic rings. The Kier molecular flexibility index (Phi) is 4.49. The Morgan fingerprint density at radius 1 is 1.56 bits per heavy atom. The number of carbonyl (C=O) groups excluding carboxylic acids is 1. The van der Waals surface area contributed by atoms with Crippen LogP contribution in [0.25, 0.3) is 0 Å². The van der Waals surface area contributed by atoms with Gasteiger partial charge in [-0.1, -0.05) is 19.1 Å². The Morgan fingerprint density at radius 3 is 2.81 bits per heavy atom. The molecule has 0 radical (unpaired) electrons. The van der Waals surface area contributed by atoms with Crippen molar-refractivity contribution in [2.75, 3.05) is 19.3 Å². The summed E-state index contributed by atoms with van der Waals surface area (Å²) in [7, 11) is -3.20. The van der Waals surface area contributed by atoms with Gasteiger partial charge in [-0.25, -0.2) is 13.1 Å². The van der Waals surface area contributed by atoms with Gasteiger partial charge in [-0.3, -0.25) is 4.79 Å². The quantitative estimate of drug-likeness (QED) is 0.700. The second-order valence-corrected chi connectivity index (χ2v) is 5.70. The Balaban J connectivity index is 2.36. The van der Waals surface area contributed by atoms with Crippen molar-refractivity contribution in [1.82, 2.24) is 9.62 Å². The van der Waals surface area contributed by atoms with Gasteiger partial charge in [-0.15, -0.1) is 0 Å². The molecule has 0 aromatic rings. The van der Waals surface area contributed by atoms with Crippen LogP contribution in [-0.4, -0.2) is 44.6 Å². The minimum atomic E-state index is -3.20. The van der Waals surface area contributed by atoms with E-state index >= 15 is 0 Å². The normalized spacial score (nSPS) is 20.4. The van der Waals surface area contributed by atoms with E-state index in [1.807, 2.05) is 19.1 Å². The molecule has 1 aliphatic heterocycles. The highest BCUT2D eigenvalue weighted by Crippen LogP contribution is 2.13. The number of nitrogens with one attached hydrogen (secondary N) is 1. The third-order valence-electron chi connectivity index (χ3n) is 2.50. The molecular formula is C10H18N2O3S. The van der Waals surface area contributed by atoms with E-state index in [4.69, 9.17) is 0 Å². The monoisotopic (exact) mass is 246 g/mol. The standard InChI is InChI=1S/C10H18N2O3S/c1-3-9-5-4-8-12(9)10(13)6-7-11-16(2,14)15/h4-5,9,11H,3,6-8H2,1-2H3. The first-order chi connectivity index (χ1) is 7.44. The van der Waals surface area contributed by atoms with E-state index in [1.165, 1.54) is 0 Å². The van der Waals surface area contributed by atoms with Crippen LogP contribution in [0.4, 0.5) is 0 Å². The maximum absolute atomic E-state index is 11.8. The van der Waals surface area contributed by atoms with Crippen molar-refractivity contribution >= 4 is 15.9 Å². The molecule has 0 saturated carbocycles. The van der Waals surface area contributed by atoms with E-state index in [0.717, 1.165) is 12.7 Å². The number of sulfonamides is 1. The average molecular weight is 246 g/mol. The molecule has 1 amide bonds. The Hall–Kier alpha value is -0.880. The van der Waals surface area contributed by atoms with Crippen LogP contribution in [0, 0.1) is 0 Å². The van der Waals surface area contributed by atoms with Crippen molar-refractivity contribution in [3.63, 3.8) is 0 Å². The maximum Gasteiger partial charge on any atom is 0.224 e. The first-order valence-electron chi connectivity index (χ1n) is 5.35. The molecule has 5 nitrogen and oxygen atoms in total. The molecule has 0 spiro atoms. The molecule has 0 fully saturated rings. The summed E-state index contributed by atoms with van der Waals surface area (Å²) in [6, 6.07) is 0.172. The number of hydrogen-bond donors (Lipinski definition) is 1. The van der Waals surface area contributed by atoms with Crippen LogP contribution in [0.5, 0.6) is 0 Å². The fourth-order valence-corrected chi connectivity index (χ4v) is 2.17. The van der Waals surface area contributed by atoms with Gasteiger partial charge in [0, 0.05) is 19.5 Å². The smallest absolute Gasteiger partial charge is 0.224 e. The van der Waals surface area contributed by atoms with Crippen LogP contribution < -0.4 is 4.72 Å². The van der Waals surface area contributed by atoms with E-state index in [1.54, 1.807) is 4.90 Å². The number of amides is 1. The molecule has 6 heteroatoms. The highest BCUT2D eigenvalue weighted by molar-refractivity contribution is 7.88. The van der Waals surface area contributed by atoms with Gasteiger partial charge in [-0.2, -0.15) is 0 Å². The second-order valence-electron chi connectivity index (χ2n) is 3.87. The molecule has 0 saturated heterocycles. The van der Waals surface area contributed by atoms with E-state index in [2.05, 4.69) is 4.72 Å². The fraction of sp³-hybridized carbons (Fsp3) is 0.700. The lowest BCUT2D eigenvalue weighted by Gasteiger charge is -2.23. The summed E-state index contributed by atoms with van der Waals surface area (Å²) < 4.78 is 23.9. The van der Waals surface area contributed by atoms with Crippen LogP contribution in [0.1, 0.15) is 19.8 Å². The summed E-state index contributed by atoms with van der Waals surface area (Å²) in [5, 5.41) is 0. The van der Waals surface area contributed by atoms with Gasteiger partial charge >= 0.3 is 0 Å². The largest absolute Gasteiger partial charge is 0.333 e. The first kappa shape index (κ1) is 13.2. The van der Waals surface area contributed by atoms with Gasteiger partial charge in [0.1, 0.15) is 0 Å². The third-order valence-corrected chi connectivity index (χ3v) is 3.23. The van der Waals surface area contributed by atoms with Gasteiger partial charge in [0.2, 0.25) is 15.9 Å². The lowest BCUT2D eigenvalue weighted by molar-refractivity contribution is -0.131. The second kappa shape index (κ2) is 5.45. The summed E-state index contributed by atoms with van der Waals surface area (Å²) >= 11 is 0. The molecule has 0 aromatic carbocycles. The number of carbonyl (C=O) groups is 1. The van der Waals surface area contributed by atoms with Gasteiger partial charge < -0.3 is 4.90 Å². The molecule has 1 heterocycles. The predicted molar refractivity (Wildman–Crippen MR) is 62.4 cm³/mol. The molecule has 0 aromatic heterocycles. The van der Waals surface area contributed by atoms with Gasteiger partial charge in [0.25, 0.3) is 0 Å². The van der Waals surface area contributed by atoms with Gasteiger partial charge in [-0.05, 0) is 6.42 Å². The molecule has 0 bridgehead atoms. The molecule has 1 N–H and O–H groups in total. The fourth-order valence-electron chi connectivity index (χ4n) is 1.70. The van der Waals surface area contributed by atoms with Crippen LogP contribution in [-0.2, 0) is 14.8 Å². The summed E-state index contributed by atoms with van der Waals surface area (Å²) in [5.41, 5.74) is 0. The summed E-state index contributed by atoms with van der Waals surface area (Å²) in [4.78, 5) is 13.5. The summed E-state index contributed by atoms with van der Waals surface area (Å²) in [5.74, 6) is -0.00648. The van der Waals surface area contributed by atoms with Gasteiger partial charge in [0.05, 0.1) is 12.3 Å². The zero-order valence-electron chi connectivity index (χ0n) is 9.64. The first-order valence-corrected chi connectivity index (χ1v) is 7.24. The van der Waals surface area contributed by atoms with Crippen molar-refractivity contribution in [2.24, 2.45) is 0 Å². The van der Waals surface area contributed by atoms with Crippen molar-refractivity contribution in [2.45, 2.75) is 25.8 Å². The van der Waals surface area contributed by atoms with E-state index in [-0.39, 0.29) is 24.9 Å². The molecule has 1 atom stereocenters. The highest BCUT2D eigenvalue weighted by atomic mass is 32.2. The average Bonchev–Trinajstić information content (AvgIpc) is 2.63. The minimum absolute atomic E-state index is 0.00648. The molecule has 92 valence electrons. The lowest BCUT2D eigenvalue weighted by Crippen LogP contribution is -2.37. The zero-order chi connectivity index (χ0) is 12.2. The molecule has 16 heavy (non-hydrogen) atoms. The molecule has 1 rings (SSSR count). The van der Waals surface area contributed by atoms with Crippen LogP contribution in [0.15, 0.2) is 12.2 Å². The molecule has 1 unspecified atom stereocenters. The van der Waals surface area contributed by atoms with Crippen LogP contribution >= 0.6 is 0 Å². The summed E-state index contributed by atoms with van der Waals surface area (Å²) in [6.07, 6.45) is 6.18. The highest BCUT2D eigenvalue weighted by Gasteiger charge is 2.22. The maximum atomic E-state index is 11.8. The molecule has 0 aliphatic carbocycles. The van der Waals surface area contributed by atoms with Crippen molar-refractivity contribution in [3.05, 3.63) is 12.2 Å². The predicted octanol–water partition coefficient (Wildman–Crippen LogP) is 0.103. The Labute approximate surface area is 96.6 Å². The summed E-state index contributed by atoms with van der Waals surface area (Å²) in [6.45, 7) is 2.83. The van der Waals surface area contributed by atoms with Gasteiger partial charge in [0.15, 0.2) is 0 Å². The van der Waals surface area contributed by atoms with E-state index < -0.39 is 10.0 Å². The van der Waals surface area contributed by atoms with Crippen molar-refractivity contribution in [1.29, 1.82) is 0 Å². The number of nitrogens with zero attached hydrogens (tertiary/aromatic N) is 1. The topological polar surface area (TPSA) is 66.5 Å². The van der Waals surface area contributed by atoms with Crippen LogP contribution in [0.2, 0.25) is 0 Å². The van der Waals surface area contributed by atoms with E-state index in [9.17, 15) is 13.2 Å². The number of hydrogen-bond acceptors (Lipinski definition) is 3. The minimum Gasteiger partial charge on any atom is -0.333 e. The Bertz CT molecular complexity index is 376. The van der Waals surface area contributed by atoms with Crippen molar-refractivity contribution in [3.8, 4) is 0 Å².